The first kappa shape index (κ1) is 98.1. The molecule has 0 saturated carbocycles. The molecule has 0 aliphatic carbocycles. The number of ether oxygens (including phenoxy) is 4. The van der Waals surface area contributed by atoms with Gasteiger partial charge in [0.2, 0.25) is 0 Å². The monoisotopic (exact) mass is 1470 g/mol. The van der Waals surface area contributed by atoms with Crippen LogP contribution in [0.4, 0.5) is 0 Å². The van der Waals surface area contributed by atoms with Gasteiger partial charge in [-0.15, -0.1) is 0 Å². The molecule has 0 aromatic rings. The average molecular weight is 1470 g/mol. The number of hydrogen-bond donors (Lipinski definition) is 3. The van der Waals surface area contributed by atoms with Gasteiger partial charge in [0.25, 0.3) is 0 Å². The van der Waals surface area contributed by atoms with Gasteiger partial charge in [-0.1, -0.05) is 381 Å². The largest absolute Gasteiger partial charge is 0.472 e. The van der Waals surface area contributed by atoms with E-state index in [2.05, 4.69) is 34.6 Å². The third-order valence-corrected chi connectivity index (χ3v) is 20.9. The molecule has 594 valence electrons. The topological polar surface area (TPSA) is 237 Å². The lowest BCUT2D eigenvalue weighted by molar-refractivity contribution is -0.161. The first-order valence-electron chi connectivity index (χ1n) is 42.1. The van der Waals surface area contributed by atoms with Crippen molar-refractivity contribution >= 4 is 39.5 Å². The molecule has 19 heteroatoms. The lowest BCUT2D eigenvalue weighted by Crippen LogP contribution is -2.30. The molecule has 0 aliphatic heterocycles. The second-order valence-corrected chi connectivity index (χ2v) is 32.5. The smallest absolute Gasteiger partial charge is 0.462 e. The molecule has 0 rings (SSSR count). The number of aliphatic hydroxyl groups excluding tert-OH is 1. The summed E-state index contributed by atoms with van der Waals surface area (Å²) in [4.78, 5) is 73.0. The Hall–Kier alpha value is -1.94. The number of carbonyl (C=O) groups excluding carboxylic acids is 4. The molecule has 0 saturated heterocycles. The Morgan fingerprint density at radius 3 is 0.680 bits per heavy atom. The van der Waals surface area contributed by atoms with Crippen LogP contribution in [0.2, 0.25) is 0 Å². The second-order valence-electron chi connectivity index (χ2n) is 29.6. The van der Waals surface area contributed by atoms with Gasteiger partial charge in [-0.25, -0.2) is 9.13 Å². The predicted octanol–water partition coefficient (Wildman–Crippen LogP) is 24.4. The predicted molar refractivity (Wildman–Crippen MR) is 409 cm³/mol. The number of esters is 4. The molecule has 0 heterocycles. The Bertz CT molecular complexity index is 1910. The van der Waals surface area contributed by atoms with Crippen LogP contribution in [-0.4, -0.2) is 96.7 Å². The summed E-state index contributed by atoms with van der Waals surface area (Å²) in [5, 5.41) is 10.6. The number of aliphatic hydroxyl groups is 1. The minimum absolute atomic E-state index is 0.107. The van der Waals surface area contributed by atoms with E-state index < -0.39 is 97.5 Å². The van der Waals surface area contributed by atoms with Crippen LogP contribution >= 0.6 is 15.6 Å². The van der Waals surface area contributed by atoms with E-state index in [0.29, 0.717) is 31.6 Å². The SMILES string of the molecule is CCCCCCCCCCCCCCCCCCCCCCCC(=O)O[C@H](COC(=O)CCCCCCCCCCCCCCCCCC)COP(=O)(O)OC[C@@H](O)COP(=O)(O)OC[C@@H](COC(=O)CCCCCCCCC(C)C)OC(=O)CCCCCCCCCCCCCCCC. The van der Waals surface area contributed by atoms with Gasteiger partial charge in [-0.2, -0.15) is 0 Å². The van der Waals surface area contributed by atoms with Gasteiger partial charge < -0.3 is 33.8 Å². The van der Waals surface area contributed by atoms with Crippen LogP contribution in [0.3, 0.4) is 0 Å². The minimum Gasteiger partial charge on any atom is -0.462 e. The third-order valence-electron chi connectivity index (χ3n) is 19.0. The van der Waals surface area contributed by atoms with Gasteiger partial charge in [0.05, 0.1) is 26.4 Å². The highest BCUT2D eigenvalue weighted by molar-refractivity contribution is 7.47. The molecule has 0 aliphatic rings. The van der Waals surface area contributed by atoms with Crippen molar-refractivity contribution in [3.05, 3.63) is 0 Å². The standard InChI is InChI=1S/C81H158O17P2/c1-6-9-12-15-18-21-24-27-30-32-33-34-35-36-38-41-44-47-50-57-62-67-80(85)97-76(70-91-78(83)64-59-54-48-45-42-40-37-31-28-25-22-19-16-13-10-7-2)72-95-99(87,88)93-68-75(82)69-94-100(89,90)96-73-77(71-92-79(84)65-60-55-52-51-53-58-63-74(4)5)98-81(86)66-61-56-49-46-43-39-29-26-23-20-17-14-11-8-3/h74-77,82H,6-73H2,1-5H3,(H,87,88)(H,89,90)/t75-,76-,77-/m1/s1. The molecule has 0 radical (unpaired) electrons. The summed E-state index contributed by atoms with van der Waals surface area (Å²) in [5.41, 5.74) is 0. The summed E-state index contributed by atoms with van der Waals surface area (Å²) < 4.78 is 68.7. The molecule has 0 fully saturated rings. The zero-order valence-electron chi connectivity index (χ0n) is 65.3. The molecule has 100 heavy (non-hydrogen) atoms. The van der Waals surface area contributed by atoms with E-state index in [4.69, 9.17) is 37.0 Å². The highest BCUT2D eigenvalue weighted by Gasteiger charge is 2.30. The van der Waals surface area contributed by atoms with Crippen LogP contribution in [0.25, 0.3) is 0 Å². The van der Waals surface area contributed by atoms with Crippen molar-refractivity contribution in [2.75, 3.05) is 39.6 Å². The van der Waals surface area contributed by atoms with E-state index in [9.17, 15) is 43.2 Å². The summed E-state index contributed by atoms with van der Waals surface area (Å²) in [7, 11) is -9.92. The fourth-order valence-corrected chi connectivity index (χ4v) is 14.2. The van der Waals surface area contributed by atoms with Gasteiger partial charge in [0.15, 0.2) is 12.2 Å². The van der Waals surface area contributed by atoms with E-state index in [1.165, 1.54) is 250 Å². The summed E-state index contributed by atoms with van der Waals surface area (Å²) in [6.45, 7) is 7.25. The Labute approximate surface area is 613 Å². The quantitative estimate of drug-likeness (QED) is 0.0222. The summed E-state index contributed by atoms with van der Waals surface area (Å²) in [5.74, 6) is -1.43. The van der Waals surface area contributed by atoms with Crippen molar-refractivity contribution in [1.29, 1.82) is 0 Å². The molecule has 0 spiro atoms. The zero-order chi connectivity index (χ0) is 73.4. The number of unbranched alkanes of at least 4 members (excludes halogenated alkanes) is 53. The van der Waals surface area contributed by atoms with E-state index in [-0.39, 0.29) is 25.7 Å². The summed E-state index contributed by atoms with van der Waals surface area (Å²) in [6, 6.07) is 0. The number of phosphoric ester groups is 2. The fraction of sp³-hybridized carbons (Fsp3) is 0.951. The highest BCUT2D eigenvalue weighted by atomic mass is 31.2. The van der Waals surface area contributed by atoms with E-state index >= 15 is 0 Å². The molecule has 3 N–H and O–H groups in total. The molecule has 0 aromatic heterocycles. The van der Waals surface area contributed by atoms with Gasteiger partial charge >= 0.3 is 39.5 Å². The summed E-state index contributed by atoms with van der Waals surface area (Å²) >= 11 is 0. The molecular formula is C81H158O17P2. The van der Waals surface area contributed by atoms with Gasteiger partial charge in [-0.05, 0) is 31.6 Å². The molecule has 5 atom stereocenters. The zero-order valence-corrected chi connectivity index (χ0v) is 67.1. The van der Waals surface area contributed by atoms with E-state index in [1.54, 1.807) is 0 Å². The van der Waals surface area contributed by atoms with Crippen LogP contribution < -0.4 is 0 Å². The van der Waals surface area contributed by atoms with Crippen LogP contribution in [0.1, 0.15) is 433 Å². The summed E-state index contributed by atoms with van der Waals surface area (Å²) in [6.07, 6.45) is 65.4. The maximum Gasteiger partial charge on any atom is 0.472 e. The lowest BCUT2D eigenvalue weighted by Gasteiger charge is -2.21. The molecule has 17 nitrogen and oxygen atoms in total. The average Bonchev–Trinajstić information content (AvgIpc) is 0.935. The molecule has 0 amide bonds. The number of carbonyl (C=O) groups is 4. The molecule has 0 bridgehead atoms. The normalized spacial score (nSPS) is 13.8. The van der Waals surface area contributed by atoms with E-state index in [0.717, 1.165) is 96.3 Å². The molecule has 0 aromatic carbocycles. The first-order chi connectivity index (χ1) is 48.5. The van der Waals surface area contributed by atoms with Gasteiger partial charge in [-0.3, -0.25) is 37.3 Å². The number of rotatable bonds is 81. The Balaban J connectivity index is 5.20. The van der Waals surface area contributed by atoms with Crippen LogP contribution in [-0.2, 0) is 65.4 Å². The van der Waals surface area contributed by atoms with Crippen molar-refractivity contribution < 1.29 is 80.2 Å². The maximum absolute atomic E-state index is 13.1. The van der Waals surface area contributed by atoms with Gasteiger partial charge in [0.1, 0.15) is 19.3 Å². The highest BCUT2D eigenvalue weighted by Crippen LogP contribution is 2.45. The minimum atomic E-state index is -4.96. The fourth-order valence-electron chi connectivity index (χ4n) is 12.6. The molecular weight excluding hydrogens is 1310 g/mol. The number of phosphoric acid groups is 2. The van der Waals surface area contributed by atoms with Crippen molar-refractivity contribution in [2.24, 2.45) is 5.92 Å². The van der Waals surface area contributed by atoms with Crippen LogP contribution in [0, 0.1) is 5.92 Å². The van der Waals surface area contributed by atoms with Gasteiger partial charge in [0, 0.05) is 25.7 Å². The number of hydrogen-bond acceptors (Lipinski definition) is 15. The Morgan fingerprint density at radius 1 is 0.270 bits per heavy atom. The van der Waals surface area contributed by atoms with Crippen molar-refractivity contribution in [3.8, 4) is 0 Å². The maximum atomic E-state index is 13.1. The third kappa shape index (κ3) is 74.3. The van der Waals surface area contributed by atoms with Crippen molar-refractivity contribution in [2.45, 2.75) is 451 Å². The second kappa shape index (κ2) is 73.9. The van der Waals surface area contributed by atoms with E-state index in [1.807, 2.05) is 0 Å². The Morgan fingerprint density at radius 2 is 0.460 bits per heavy atom. The molecule has 2 unspecified atom stereocenters. The van der Waals surface area contributed by atoms with Crippen LogP contribution in [0.15, 0.2) is 0 Å². The van der Waals surface area contributed by atoms with Crippen molar-refractivity contribution in [3.63, 3.8) is 0 Å². The van der Waals surface area contributed by atoms with Crippen LogP contribution in [0.5, 0.6) is 0 Å². The van der Waals surface area contributed by atoms with Crippen molar-refractivity contribution in [1.82, 2.24) is 0 Å². The first-order valence-corrected chi connectivity index (χ1v) is 45.1. The Kier molecular flexibility index (Phi) is 72.5. The lowest BCUT2D eigenvalue weighted by atomic mass is 10.0.